The van der Waals surface area contributed by atoms with Crippen LogP contribution in [0.5, 0.6) is 0 Å². The van der Waals surface area contributed by atoms with Gasteiger partial charge in [0, 0.05) is 41.0 Å². The highest BCUT2D eigenvalue weighted by atomic mass is 32.2. The smallest absolute Gasteiger partial charge is 0.415 e. The number of nitrogens with two attached hydrogens (primary N) is 3. The number of thioether (sulfide) groups is 2. The predicted molar refractivity (Wildman–Crippen MR) is 235 cm³/mol. The van der Waals surface area contributed by atoms with Gasteiger partial charge in [0.05, 0.1) is 26.4 Å². The highest BCUT2D eigenvalue weighted by Crippen LogP contribution is 2.22. The zero-order valence-electron chi connectivity index (χ0n) is 35.8. The van der Waals surface area contributed by atoms with Gasteiger partial charge in [-0.3, -0.25) is 20.0 Å². The van der Waals surface area contributed by atoms with Gasteiger partial charge in [-0.2, -0.15) is 4.99 Å². The minimum atomic E-state index is -1.15. The summed E-state index contributed by atoms with van der Waals surface area (Å²) in [7, 11) is 0. The van der Waals surface area contributed by atoms with E-state index < -0.39 is 36.7 Å². The van der Waals surface area contributed by atoms with E-state index in [9.17, 15) is 14.4 Å². The van der Waals surface area contributed by atoms with E-state index in [-0.39, 0.29) is 24.7 Å². The SMILES string of the molecule is CCOC(=O)c1ncn(-c2cccc(SC)c2)c1N.CCOC(OCC)OCC.CSc1cccc(N)c1.[C-]#[N+]C(N)C(=O)OCC.[C-]#[N+]C(N=COCC)C(=O)OCC. The van der Waals surface area contributed by atoms with Crippen molar-refractivity contribution in [2.75, 3.05) is 70.2 Å². The van der Waals surface area contributed by atoms with Crippen molar-refractivity contribution in [2.45, 2.75) is 77.1 Å². The first-order valence-corrected chi connectivity index (χ1v) is 21.1. The van der Waals surface area contributed by atoms with Crippen LogP contribution in [0.2, 0.25) is 0 Å². The fraction of sp³-hybridized carbons (Fsp3) is 0.475. The Bertz CT molecular complexity index is 1740. The molecular weight excluding hydrogens is 817 g/mol. The zero-order valence-corrected chi connectivity index (χ0v) is 37.5. The quantitative estimate of drug-likeness (QED) is 0.0185. The number of hydrogen-bond donors (Lipinski definition) is 3. The molecule has 3 rings (SSSR count). The van der Waals surface area contributed by atoms with Gasteiger partial charge in [-0.1, -0.05) is 12.1 Å². The van der Waals surface area contributed by atoms with Crippen LogP contribution in [-0.4, -0.2) is 111 Å². The number of rotatable bonds is 18. The summed E-state index contributed by atoms with van der Waals surface area (Å²) in [5.41, 5.74) is 18.3. The summed E-state index contributed by atoms with van der Waals surface area (Å²) in [5, 5.41) is 0. The van der Waals surface area contributed by atoms with Crippen molar-refractivity contribution >= 4 is 59.3 Å². The normalized spacial score (nSPS) is 10.9. The maximum absolute atomic E-state index is 11.7. The van der Waals surface area contributed by atoms with E-state index >= 15 is 0 Å². The summed E-state index contributed by atoms with van der Waals surface area (Å²) in [6, 6.07) is 15.7. The molecule has 0 spiro atoms. The molecule has 6 N–H and O–H groups in total. The van der Waals surface area contributed by atoms with E-state index in [1.54, 1.807) is 55.8 Å². The van der Waals surface area contributed by atoms with E-state index in [0.717, 1.165) is 22.7 Å². The number of carbonyl (C=O) groups excluding carboxylic acids is 3. The number of anilines is 2. The van der Waals surface area contributed by atoms with Crippen molar-refractivity contribution in [2.24, 2.45) is 10.7 Å². The first-order valence-electron chi connectivity index (χ1n) is 18.7. The van der Waals surface area contributed by atoms with E-state index in [1.165, 1.54) is 11.2 Å². The van der Waals surface area contributed by atoms with Gasteiger partial charge >= 0.3 is 30.2 Å². The second kappa shape index (κ2) is 36.7. The predicted octanol–water partition coefficient (Wildman–Crippen LogP) is 6.34. The Kier molecular flexibility index (Phi) is 34.7. The van der Waals surface area contributed by atoms with Crippen LogP contribution < -0.4 is 17.2 Å². The minimum absolute atomic E-state index is 0.149. The molecule has 1 heterocycles. The molecule has 1 aromatic heterocycles. The summed E-state index contributed by atoms with van der Waals surface area (Å²) in [5.74, 6) is -1.52. The molecule has 20 heteroatoms. The van der Waals surface area contributed by atoms with Crippen LogP contribution in [0.25, 0.3) is 15.4 Å². The third-order valence-electron chi connectivity index (χ3n) is 6.34. The van der Waals surface area contributed by atoms with Crippen molar-refractivity contribution in [1.82, 2.24) is 9.55 Å². The molecule has 0 aliphatic heterocycles. The molecule has 332 valence electrons. The molecule has 2 unspecified atom stereocenters. The van der Waals surface area contributed by atoms with Crippen molar-refractivity contribution in [3.8, 4) is 5.69 Å². The number of carbonyl (C=O) groups is 3. The molecule has 0 bridgehead atoms. The third kappa shape index (κ3) is 25.2. The fourth-order valence-corrected chi connectivity index (χ4v) is 4.62. The number of hydrogen-bond acceptors (Lipinski definition) is 17. The number of aromatic nitrogens is 2. The lowest BCUT2D eigenvalue weighted by molar-refractivity contribution is -0.282. The average molecular weight is 877 g/mol. The molecule has 0 saturated carbocycles. The molecule has 60 heavy (non-hydrogen) atoms. The summed E-state index contributed by atoms with van der Waals surface area (Å²) in [6.07, 6.45) is 4.38. The lowest BCUT2D eigenvalue weighted by Crippen LogP contribution is -2.28. The maximum Gasteiger partial charge on any atom is 0.415 e. The van der Waals surface area contributed by atoms with Gasteiger partial charge in [0.15, 0.2) is 12.1 Å². The van der Waals surface area contributed by atoms with Crippen LogP contribution in [0.1, 0.15) is 59.0 Å². The molecule has 0 saturated heterocycles. The highest BCUT2D eigenvalue weighted by molar-refractivity contribution is 7.98. The molecule has 0 aliphatic carbocycles. The molecule has 0 radical (unpaired) electrons. The van der Waals surface area contributed by atoms with Gasteiger partial charge < -0.3 is 44.6 Å². The first-order chi connectivity index (χ1) is 28.8. The molecule has 3 aromatic rings. The topological polar surface area (TPSA) is 233 Å². The fourth-order valence-electron chi connectivity index (χ4n) is 3.69. The lowest BCUT2D eigenvalue weighted by Gasteiger charge is -2.15. The van der Waals surface area contributed by atoms with Crippen molar-refractivity contribution in [3.63, 3.8) is 0 Å². The summed E-state index contributed by atoms with van der Waals surface area (Å²) >= 11 is 3.34. The minimum Gasteiger partial charge on any atom is -0.483 e. The monoisotopic (exact) mass is 876 g/mol. The van der Waals surface area contributed by atoms with Crippen molar-refractivity contribution < 1.29 is 47.5 Å². The second-order valence-corrected chi connectivity index (χ2v) is 12.3. The number of nitrogens with zero attached hydrogens (tertiary/aromatic N) is 5. The van der Waals surface area contributed by atoms with E-state index in [1.807, 2.05) is 81.8 Å². The van der Waals surface area contributed by atoms with Crippen LogP contribution in [0, 0.1) is 13.1 Å². The molecule has 0 amide bonds. The number of esters is 3. The van der Waals surface area contributed by atoms with Gasteiger partial charge in [-0.05, 0) is 97.4 Å². The van der Waals surface area contributed by atoms with Gasteiger partial charge in [0.25, 0.3) is 6.48 Å². The van der Waals surface area contributed by atoms with Crippen LogP contribution in [0.15, 0.2) is 69.6 Å². The van der Waals surface area contributed by atoms with Crippen LogP contribution in [-0.2, 0) is 42.7 Å². The largest absolute Gasteiger partial charge is 0.483 e. The molecule has 2 atom stereocenters. The number of benzene rings is 2. The summed E-state index contributed by atoms with van der Waals surface area (Å²) < 4.78 is 35.6. The zero-order chi connectivity index (χ0) is 45.7. The van der Waals surface area contributed by atoms with Crippen molar-refractivity contribution in [3.05, 3.63) is 83.4 Å². The summed E-state index contributed by atoms with van der Waals surface area (Å²) in [6.45, 7) is 28.2. The molecule has 0 aliphatic rings. The van der Waals surface area contributed by atoms with Gasteiger partial charge in [-0.25, -0.2) is 32.5 Å². The maximum atomic E-state index is 11.7. The Hall–Kier alpha value is -5.35. The van der Waals surface area contributed by atoms with Crippen LogP contribution in [0.3, 0.4) is 0 Å². The van der Waals surface area contributed by atoms with Gasteiger partial charge in [0.1, 0.15) is 12.1 Å². The van der Waals surface area contributed by atoms with E-state index in [4.69, 9.17) is 54.0 Å². The van der Waals surface area contributed by atoms with E-state index in [0.29, 0.717) is 33.0 Å². The summed E-state index contributed by atoms with van der Waals surface area (Å²) in [4.78, 5) is 48.7. The van der Waals surface area contributed by atoms with Crippen molar-refractivity contribution in [1.29, 1.82) is 0 Å². The lowest BCUT2D eigenvalue weighted by atomic mass is 10.3. The number of nitrogen functional groups attached to an aromatic ring is 2. The Balaban J connectivity index is 0. The Labute approximate surface area is 362 Å². The van der Waals surface area contributed by atoms with E-state index in [2.05, 4.69) is 29.1 Å². The molecule has 0 fully saturated rings. The van der Waals surface area contributed by atoms with Gasteiger partial charge in [0.2, 0.25) is 0 Å². The molecule has 2 aromatic carbocycles. The Morgan fingerprint density at radius 1 is 0.767 bits per heavy atom. The molecular formula is C40H60N8O10S2. The Morgan fingerprint density at radius 2 is 1.30 bits per heavy atom. The number of ether oxygens (including phenoxy) is 7. The standard InChI is InChI=1S/C13H15N3O2S.C8H12N2O3.C7H9NS.C7H16O3.C5H8N2O2/c1-3-18-13(17)11-12(14)16(8-15-11)9-5-4-6-10(7-9)19-2;1-4-12-6-10-7(9-3)8(11)13-5-2;1-9-7-4-2-3-6(8)5-7;1-4-8-7(9-5-2)10-6-3;1-3-9-5(8)4(6)7-2/h4-8H,3,14H2,1-2H3;6-7H,4-5H2,1-2H3;2-5H,8H2,1H3;7H,4-6H2,1-3H3;4H,3,6H2,1H3. The second-order valence-electron chi connectivity index (χ2n) is 10.5. The number of aliphatic imine (C=N–C) groups is 1. The van der Waals surface area contributed by atoms with Gasteiger partial charge in [-0.15, -0.1) is 23.5 Å². The number of imidazole rings is 1. The van der Waals surface area contributed by atoms with Crippen LogP contribution >= 0.6 is 23.5 Å². The highest BCUT2D eigenvalue weighted by Gasteiger charge is 2.23. The van der Waals surface area contributed by atoms with Crippen LogP contribution in [0.4, 0.5) is 11.5 Å². The average Bonchev–Trinajstić information content (AvgIpc) is 3.64. The third-order valence-corrected chi connectivity index (χ3v) is 7.79. The Morgan fingerprint density at radius 3 is 1.75 bits per heavy atom. The first kappa shape index (κ1) is 56.7. The molecule has 18 nitrogen and oxygen atoms in total.